The number of aliphatic imine (C=N–C) groups is 2. The molecule has 334 valence electrons. The standard InChI is InChI=1S/C60H54N8/c1-57(2)59(5,6)67(41-21-11-9-12-22-41)55(63-57)47-27-19-31-53(61-47)65-49-29-17-15-25-43(49)45-37-39(33-35-51(45)65)40-34-36-52-46(38-40)44-26-16-18-30-50(44)66(52)54-32-20-28-48(62-54)56-64-58(3,4)60(7,8)68(56)42-23-13-10-14-24-42/h9-38H,1-8H3. The highest BCUT2D eigenvalue weighted by molar-refractivity contribution is 6.15. The molecule has 6 aromatic carbocycles. The van der Waals surface area contributed by atoms with Crippen LogP contribution in [0.1, 0.15) is 66.8 Å². The number of fused-ring (bicyclic) bond motifs is 6. The molecule has 0 amide bonds. The zero-order valence-electron chi connectivity index (χ0n) is 39.9. The molecule has 0 saturated heterocycles. The van der Waals surface area contributed by atoms with Crippen LogP contribution in [0, 0.1) is 0 Å². The normalized spacial score (nSPS) is 17.1. The molecule has 0 bridgehead atoms. The highest BCUT2D eigenvalue weighted by Gasteiger charge is 2.51. The minimum absolute atomic E-state index is 0.282. The first-order chi connectivity index (χ1) is 32.7. The number of para-hydroxylation sites is 4. The maximum atomic E-state index is 5.41. The molecule has 2 aliphatic rings. The van der Waals surface area contributed by atoms with Gasteiger partial charge in [0.15, 0.2) is 11.7 Å². The van der Waals surface area contributed by atoms with Crippen molar-refractivity contribution >= 4 is 66.7 Å². The van der Waals surface area contributed by atoms with Gasteiger partial charge in [-0.05, 0) is 151 Å². The number of rotatable bonds is 7. The van der Waals surface area contributed by atoms with Gasteiger partial charge in [0.1, 0.15) is 23.0 Å². The van der Waals surface area contributed by atoms with Crippen molar-refractivity contribution in [2.24, 2.45) is 9.98 Å². The summed E-state index contributed by atoms with van der Waals surface area (Å²) in [6.45, 7) is 17.9. The van der Waals surface area contributed by atoms with Crippen LogP contribution in [0.2, 0.25) is 0 Å². The van der Waals surface area contributed by atoms with E-state index in [1.54, 1.807) is 0 Å². The summed E-state index contributed by atoms with van der Waals surface area (Å²) in [5.74, 6) is 3.46. The third kappa shape index (κ3) is 6.12. The monoisotopic (exact) mass is 886 g/mol. The lowest BCUT2D eigenvalue weighted by Gasteiger charge is -2.41. The van der Waals surface area contributed by atoms with Crippen molar-refractivity contribution in [3.05, 3.63) is 193 Å². The Balaban J connectivity index is 0.950. The summed E-state index contributed by atoms with van der Waals surface area (Å²) < 4.78 is 4.60. The van der Waals surface area contributed by atoms with E-state index in [0.717, 1.165) is 79.3 Å². The Kier molecular flexibility index (Phi) is 9.07. The largest absolute Gasteiger partial charge is 0.317 e. The Morgan fingerprint density at radius 3 is 1.12 bits per heavy atom. The van der Waals surface area contributed by atoms with E-state index in [0.29, 0.717) is 0 Å². The van der Waals surface area contributed by atoms with Crippen molar-refractivity contribution in [2.45, 2.75) is 77.5 Å². The molecule has 0 spiro atoms. The maximum Gasteiger partial charge on any atom is 0.155 e. The van der Waals surface area contributed by atoms with Crippen LogP contribution in [0.25, 0.3) is 66.4 Å². The molecule has 0 unspecified atom stereocenters. The number of benzene rings is 6. The quantitative estimate of drug-likeness (QED) is 0.160. The molecule has 12 rings (SSSR count). The fourth-order valence-electron chi connectivity index (χ4n) is 10.5. The molecule has 68 heavy (non-hydrogen) atoms. The number of anilines is 2. The zero-order chi connectivity index (χ0) is 46.7. The van der Waals surface area contributed by atoms with Crippen molar-refractivity contribution in [1.29, 1.82) is 0 Å². The number of nitrogens with zero attached hydrogens (tertiary/aromatic N) is 8. The van der Waals surface area contributed by atoms with E-state index < -0.39 is 0 Å². The third-order valence-electron chi connectivity index (χ3n) is 15.4. The van der Waals surface area contributed by atoms with Gasteiger partial charge in [-0.25, -0.2) is 9.97 Å². The second kappa shape index (κ2) is 14.8. The molecule has 8 heteroatoms. The van der Waals surface area contributed by atoms with Crippen LogP contribution in [-0.2, 0) is 0 Å². The molecule has 0 atom stereocenters. The van der Waals surface area contributed by atoms with Crippen molar-refractivity contribution in [2.75, 3.05) is 9.80 Å². The van der Waals surface area contributed by atoms with Crippen LogP contribution < -0.4 is 9.80 Å². The van der Waals surface area contributed by atoms with Crippen molar-refractivity contribution in [1.82, 2.24) is 19.1 Å². The zero-order valence-corrected chi connectivity index (χ0v) is 39.9. The summed E-state index contributed by atoms with van der Waals surface area (Å²) in [5, 5.41) is 4.70. The van der Waals surface area contributed by atoms with E-state index in [2.05, 4.69) is 256 Å². The van der Waals surface area contributed by atoms with Gasteiger partial charge in [0.2, 0.25) is 0 Å². The molecule has 0 aliphatic carbocycles. The van der Waals surface area contributed by atoms with Gasteiger partial charge in [0.25, 0.3) is 0 Å². The number of hydrogen-bond acceptors (Lipinski definition) is 6. The van der Waals surface area contributed by atoms with E-state index in [1.165, 1.54) is 21.5 Å². The Morgan fingerprint density at radius 1 is 0.338 bits per heavy atom. The SMILES string of the molecule is CC1(C)N=C(c2cccc(-n3c4ccccc4c4cc(-c5ccc6c(c5)c5ccccc5n6-c5cccc(C6=NC(C)(C)C(C)(C)N6c6ccccc6)n5)ccc43)n2)N(c2ccccc2)C1(C)C. The second-order valence-corrected chi connectivity index (χ2v) is 20.4. The highest BCUT2D eigenvalue weighted by Crippen LogP contribution is 2.44. The van der Waals surface area contributed by atoms with Gasteiger partial charge in [-0.3, -0.25) is 19.1 Å². The first-order valence-electron chi connectivity index (χ1n) is 23.7. The van der Waals surface area contributed by atoms with Crippen LogP contribution in [0.4, 0.5) is 11.4 Å². The van der Waals surface area contributed by atoms with E-state index in [-0.39, 0.29) is 22.2 Å². The van der Waals surface area contributed by atoms with Gasteiger partial charge >= 0.3 is 0 Å². The molecule has 6 heterocycles. The fraction of sp³-hybridized carbons (Fsp3) is 0.200. The summed E-state index contributed by atoms with van der Waals surface area (Å²) in [5.41, 5.74) is 9.35. The third-order valence-corrected chi connectivity index (χ3v) is 15.4. The lowest BCUT2D eigenvalue weighted by molar-refractivity contribution is 0.338. The van der Waals surface area contributed by atoms with Gasteiger partial charge in [-0.1, -0.05) is 97.1 Å². The number of aromatic nitrogens is 4. The molecular weight excluding hydrogens is 833 g/mol. The van der Waals surface area contributed by atoms with Crippen molar-refractivity contribution < 1.29 is 0 Å². The molecule has 0 N–H and O–H groups in total. The summed E-state index contributed by atoms with van der Waals surface area (Å²) in [6, 6.07) is 64.7. The van der Waals surface area contributed by atoms with Crippen molar-refractivity contribution in [3.8, 4) is 22.8 Å². The van der Waals surface area contributed by atoms with Gasteiger partial charge in [-0.15, -0.1) is 0 Å². The summed E-state index contributed by atoms with van der Waals surface area (Å²) in [4.78, 5) is 26.2. The van der Waals surface area contributed by atoms with E-state index in [1.807, 2.05) is 0 Å². The Labute approximate surface area is 397 Å². The van der Waals surface area contributed by atoms with Gasteiger partial charge in [0.05, 0.1) is 44.2 Å². The van der Waals surface area contributed by atoms with Gasteiger partial charge in [-0.2, -0.15) is 0 Å². The molecule has 4 aromatic heterocycles. The Bertz CT molecular complexity index is 3460. The van der Waals surface area contributed by atoms with E-state index >= 15 is 0 Å². The van der Waals surface area contributed by atoms with Crippen LogP contribution >= 0.6 is 0 Å². The average molecular weight is 887 g/mol. The fourth-order valence-corrected chi connectivity index (χ4v) is 10.5. The lowest BCUT2D eigenvalue weighted by atomic mass is 9.83. The minimum Gasteiger partial charge on any atom is -0.317 e. The van der Waals surface area contributed by atoms with Crippen LogP contribution in [0.15, 0.2) is 192 Å². The van der Waals surface area contributed by atoms with E-state index in [4.69, 9.17) is 20.0 Å². The molecule has 10 aromatic rings. The number of hydrogen-bond donors (Lipinski definition) is 0. The van der Waals surface area contributed by atoms with Crippen LogP contribution in [-0.4, -0.2) is 52.9 Å². The Morgan fingerprint density at radius 2 is 0.706 bits per heavy atom. The maximum absolute atomic E-state index is 5.41. The predicted octanol–water partition coefficient (Wildman–Crippen LogP) is 14.0. The molecule has 8 nitrogen and oxygen atoms in total. The van der Waals surface area contributed by atoms with Crippen molar-refractivity contribution in [3.63, 3.8) is 0 Å². The molecule has 0 radical (unpaired) electrons. The van der Waals surface area contributed by atoms with Crippen LogP contribution in [0.3, 0.4) is 0 Å². The number of amidine groups is 2. The topological polar surface area (TPSA) is 66.8 Å². The van der Waals surface area contributed by atoms with Gasteiger partial charge < -0.3 is 9.80 Å². The second-order valence-electron chi connectivity index (χ2n) is 20.4. The molecule has 2 aliphatic heterocycles. The van der Waals surface area contributed by atoms with Crippen LogP contribution in [0.5, 0.6) is 0 Å². The highest BCUT2D eigenvalue weighted by atomic mass is 15.4. The smallest absolute Gasteiger partial charge is 0.155 e. The first-order valence-corrected chi connectivity index (χ1v) is 23.7. The minimum atomic E-state index is -0.343. The summed E-state index contributed by atoms with van der Waals surface area (Å²) in [7, 11) is 0. The van der Waals surface area contributed by atoms with Gasteiger partial charge in [0, 0.05) is 32.9 Å². The number of pyridine rings is 2. The predicted molar refractivity (Wildman–Crippen MR) is 283 cm³/mol. The van der Waals surface area contributed by atoms with E-state index in [9.17, 15) is 0 Å². The lowest BCUT2D eigenvalue weighted by Crippen LogP contribution is -2.53. The summed E-state index contributed by atoms with van der Waals surface area (Å²) >= 11 is 0. The summed E-state index contributed by atoms with van der Waals surface area (Å²) in [6.07, 6.45) is 0. The molecular formula is C60H54N8. The average Bonchev–Trinajstić information content (AvgIpc) is 3.98. The Hall–Kier alpha value is -7.84. The first kappa shape index (κ1) is 41.6. The molecule has 0 fully saturated rings. The molecule has 0 saturated carbocycles.